The van der Waals surface area contributed by atoms with Gasteiger partial charge >= 0.3 is 0 Å². The van der Waals surface area contributed by atoms with Gasteiger partial charge in [-0.1, -0.05) is 178 Å². The molecular formula is C48H39NS. The molecule has 1 atom stereocenters. The number of thioether (sulfide) groups is 1. The molecule has 0 spiro atoms. The van der Waals surface area contributed by atoms with Crippen molar-refractivity contribution in [2.75, 3.05) is 5.73 Å². The molecule has 0 fully saturated rings. The first-order valence-electron chi connectivity index (χ1n) is 17.5. The molecule has 9 rings (SSSR count). The highest BCUT2D eigenvalue weighted by Crippen LogP contribution is 2.59. The fourth-order valence-corrected chi connectivity index (χ4v) is 8.96. The molecule has 0 bridgehead atoms. The van der Waals surface area contributed by atoms with Gasteiger partial charge in [0.2, 0.25) is 0 Å². The molecule has 1 nitrogen and oxygen atoms in total. The number of hydrogen-bond donors (Lipinski definition) is 1. The highest BCUT2D eigenvalue weighted by atomic mass is 32.2. The predicted molar refractivity (Wildman–Crippen MR) is 216 cm³/mol. The van der Waals surface area contributed by atoms with Crippen LogP contribution in [0.1, 0.15) is 41.7 Å². The molecule has 1 aliphatic rings. The van der Waals surface area contributed by atoms with Crippen LogP contribution in [0.4, 0.5) is 5.69 Å². The van der Waals surface area contributed by atoms with Crippen molar-refractivity contribution < 1.29 is 0 Å². The minimum absolute atomic E-state index is 0.548. The minimum Gasteiger partial charge on any atom is -0.398 e. The van der Waals surface area contributed by atoms with Gasteiger partial charge in [0.05, 0.1) is 5.41 Å². The summed E-state index contributed by atoms with van der Waals surface area (Å²) in [5.41, 5.74) is 18.3. The maximum Gasteiger partial charge on any atom is 0.0725 e. The number of nitrogen functional groups attached to an aromatic ring is 1. The summed E-state index contributed by atoms with van der Waals surface area (Å²) >= 11 is 1.80. The molecule has 1 aliphatic carbocycles. The molecular weight excluding hydrogens is 623 g/mol. The van der Waals surface area contributed by atoms with Gasteiger partial charge in [-0.25, -0.2) is 0 Å². The Labute approximate surface area is 299 Å². The summed E-state index contributed by atoms with van der Waals surface area (Å²) in [5.74, 6) is 0.831. The summed E-state index contributed by atoms with van der Waals surface area (Å²) in [5, 5.41) is 5.09. The van der Waals surface area contributed by atoms with Crippen molar-refractivity contribution in [3.63, 3.8) is 0 Å². The SMILES string of the molecule is CC.Nc1ccccc1SCc1ccc2c(c1)C(c1ccccc1)(c1c3ccccc3c(-c3ccccc3)c3ccccc13)c1ccccc1-2. The molecule has 8 aromatic rings. The molecule has 8 aromatic carbocycles. The number of nitrogens with two attached hydrogens (primary N) is 1. The first-order chi connectivity index (χ1) is 24.7. The Balaban J connectivity index is 0.00000177. The Morgan fingerprint density at radius 1 is 0.500 bits per heavy atom. The second-order valence-corrected chi connectivity index (χ2v) is 13.6. The first kappa shape index (κ1) is 31.7. The van der Waals surface area contributed by atoms with Crippen molar-refractivity contribution in [3.05, 3.63) is 204 Å². The van der Waals surface area contributed by atoms with E-state index in [0.29, 0.717) is 0 Å². The smallest absolute Gasteiger partial charge is 0.0725 e. The lowest BCUT2D eigenvalue weighted by Gasteiger charge is -2.36. The van der Waals surface area contributed by atoms with Gasteiger partial charge in [-0.2, -0.15) is 0 Å². The molecule has 0 saturated heterocycles. The normalized spacial score (nSPS) is 14.5. The van der Waals surface area contributed by atoms with Gasteiger partial charge in [-0.15, -0.1) is 11.8 Å². The van der Waals surface area contributed by atoms with E-state index in [2.05, 4.69) is 164 Å². The van der Waals surface area contributed by atoms with Crippen molar-refractivity contribution in [1.29, 1.82) is 0 Å². The van der Waals surface area contributed by atoms with Crippen LogP contribution in [0.25, 0.3) is 43.8 Å². The number of benzene rings is 8. The van der Waals surface area contributed by atoms with Crippen LogP contribution in [-0.4, -0.2) is 0 Å². The van der Waals surface area contributed by atoms with Crippen molar-refractivity contribution >= 4 is 39.0 Å². The molecule has 242 valence electrons. The molecule has 0 aromatic heterocycles. The summed E-state index contributed by atoms with van der Waals surface area (Å²) in [4.78, 5) is 1.11. The summed E-state index contributed by atoms with van der Waals surface area (Å²) in [6, 6.07) is 64.5. The van der Waals surface area contributed by atoms with E-state index < -0.39 is 5.41 Å². The predicted octanol–water partition coefficient (Wildman–Crippen LogP) is 12.9. The minimum atomic E-state index is -0.548. The van der Waals surface area contributed by atoms with Gasteiger partial charge in [-0.3, -0.25) is 0 Å². The number of para-hydroxylation sites is 1. The molecule has 2 N–H and O–H groups in total. The topological polar surface area (TPSA) is 26.0 Å². The first-order valence-corrected chi connectivity index (χ1v) is 18.5. The lowest BCUT2D eigenvalue weighted by atomic mass is 9.64. The van der Waals surface area contributed by atoms with Crippen molar-refractivity contribution in [2.45, 2.75) is 29.9 Å². The average molecular weight is 662 g/mol. The van der Waals surface area contributed by atoms with Gasteiger partial charge in [0.25, 0.3) is 0 Å². The third-order valence-corrected chi connectivity index (χ3v) is 11.2. The summed E-state index contributed by atoms with van der Waals surface area (Å²) in [7, 11) is 0. The molecule has 0 amide bonds. The molecule has 1 unspecified atom stereocenters. The van der Waals surface area contributed by atoms with E-state index in [-0.39, 0.29) is 0 Å². The third-order valence-electron chi connectivity index (χ3n) is 10.00. The van der Waals surface area contributed by atoms with E-state index in [1.54, 1.807) is 11.8 Å². The standard InChI is InChI=1S/C46H33NS.C2H6/c47-42-25-13-14-26-43(42)48-30-31-27-28-35-34-19-11-12-24-40(34)46(41(35)29-31,33-17-5-2-6-18-33)45-38-22-9-7-20-36(38)44(32-15-3-1-4-16-32)37-21-8-10-23-39(37)45;1-2/h1-29H,30,47H2;1-2H3. The molecule has 50 heavy (non-hydrogen) atoms. The van der Waals surface area contributed by atoms with Gasteiger partial charge in [-0.05, 0) is 83.7 Å². The van der Waals surface area contributed by atoms with Crippen LogP contribution in [0, 0.1) is 0 Å². The highest BCUT2D eigenvalue weighted by Gasteiger charge is 2.48. The zero-order chi connectivity index (χ0) is 34.1. The van der Waals surface area contributed by atoms with Crippen LogP contribution in [0.3, 0.4) is 0 Å². The quantitative estimate of drug-likeness (QED) is 0.109. The molecule has 0 aliphatic heterocycles. The molecule has 0 saturated carbocycles. The number of fused-ring (bicyclic) bond motifs is 5. The molecule has 2 heteroatoms. The molecule has 0 radical (unpaired) electrons. The highest BCUT2D eigenvalue weighted by molar-refractivity contribution is 7.98. The summed E-state index contributed by atoms with van der Waals surface area (Å²) in [6.45, 7) is 4.00. The van der Waals surface area contributed by atoms with E-state index in [1.807, 2.05) is 26.0 Å². The summed E-state index contributed by atoms with van der Waals surface area (Å²) < 4.78 is 0. The maximum atomic E-state index is 6.37. The fourth-order valence-electron chi connectivity index (χ4n) is 8.05. The van der Waals surface area contributed by atoms with Crippen LogP contribution >= 0.6 is 11.8 Å². The van der Waals surface area contributed by atoms with Gasteiger partial charge in [0.1, 0.15) is 0 Å². The lowest BCUT2D eigenvalue weighted by Crippen LogP contribution is -2.29. The number of hydrogen-bond acceptors (Lipinski definition) is 2. The Bertz CT molecular complexity index is 2410. The summed E-state index contributed by atoms with van der Waals surface area (Å²) in [6.07, 6.45) is 0. The van der Waals surface area contributed by atoms with Crippen LogP contribution in [0.5, 0.6) is 0 Å². The van der Waals surface area contributed by atoms with Gasteiger partial charge in [0.15, 0.2) is 0 Å². The van der Waals surface area contributed by atoms with Crippen LogP contribution in [0.15, 0.2) is 181 Å². The van der Waals surface area contributed by atoms with E-state index >= 15 is 0 Å². The lowest BCUT2D eigenvalue weighted by molar-refractivity contribution is 0.782. The Kier molecular flexibility index (Phi) is 8.48. The van der Waals surface area contributed by atoms with Crippen molar-refractivity contribution in [2.24, 2.45) is 0 Å². The van der Waals surface area contributed by atoms with Crippen molar-refractivity contribution in [1.82, 2.24) is 0 Å². The fraction of sp³-hybridized carbons (Fsp3) is 0.0833. The Morgan fingerprint density at radius 2 is 1.04 bits per heavy atom. The monoisotopic (exact) mass is 661 g/mol. The van der Waals surface area contributed by atoms with E-state index in [0.717, 1.165) is 16.3 Å². The Morgan fingerprint density at radius 3 is 1.72 bits per heavy atom. The molecule has 0 heterocycles. The van der Waals surface area contributed by atoms with Gasteiger partial charge < -0.3 is 5.73 Å². The van der Waals surface area contributed by atoms with E-state index in [4.69, 9.17) is 5.73 Å². The Hall–Kier alpha value is -5.57. The van der Waals surface area contributed by atoms with E-state index in [9.17, 15) is 0 Å². The second-order valence-electron chi connectivity index (χ2n) is 12.6. The van der Waals surface area contributed by atoms with Crippen LogP contribution < -0.4 is 5.73 Å². The van der Waals surface area contributed by atoms with Crippen molar-refractivity contribution in [3.8, 4) is 22.3 Å². The van der Waals surface area contributed by atoms with Gasteiger partial charge in [0, 0.05) is 16.3 Å². The number of rotatable bonds is 6. The third kappa shape index (κ3) is 5.02. The number of anilines is 1. The van der Waals surface area contributed by atoms with Crippen LogP contribution in [-0.2, 0) is 11.2 Å². The maximum absolute atomic E-state index is 6.37. The second kappa shape index (κ2) is 13.4. The van der Waals surface area contributed by atoms with Crippen LogP contribution in [0.2, 0.25) is 0 Å². The average Bonchev–Trinajstić information content (AvgIpc) is 3.48. The zero-order valence-electron chi connectivity index (χ0n) is 28.4. The zero-order valence-corrected chi connectivity index (χ0v) is 29.3. The van der Waals surface area contributed by atoms with E-state index in [1.165, 1.54) is 71.6 Å². The largest absolute Gasteiger partial charge is 0.398 e.